The minimum atomic E-state index is -0.0715. The van der Waals surface area contributed by atoms with E-state index in [4.69, 9.17) is 4.42 Å². The third kappa shape index (κ3) is 4.62. The van der Waals surface area contributed by atoms with Crippen molar-refractivity contribution in [2.45, 2.75) is 27.7 Å². The summed E-state index contributed by atoms with van der Waals surface area (Å²) in [4.78, 5) is 13.3. The highest BCUT2D eigenvalue weighted by Crippen LogP contribution is 2.27. The minimum Gasteiger partial charge on any atom is -0.403 e. The Kier molecular flexibility index (Phi) is 6.32. The summed E-state index contributed by atoms with van der Waals surface area (Å²) in [6.07, 6.45) is 3.92. The molecule has 0 aliphatic carbocycles. The smallest absolute Gasteiger partial charge is 0.320 e. The molecule has 4 rings (SSSR count). The van der Waals surface area contributed by atoms with E-state index in [1.807, 2.05) is 88.4 Å². The number of aromatic nitrogens is 3. The summed E-state index contributed by atoms with van der Waals surface area (Å²) >= 11 is 0. The van der Waals surface area contributed by atoms with Gasteiger partial charge in [-0.15, -0.1) is 5.10 Å². The molecule has 1 N–H and O–H groups in total. The highest BCUT2D eigenvalue weighted by atomic mass is 16.4. The molecular formula is C28H28N4O2. The van der Waals surface area contributed by atoms with E-state index < -0.39 is 0 Å². The fourth-order valence-corrected chi connectivity index (χ4v) is 3.81. The van der Waals surface area contributed by atoms with Gasteiger partial charge in [0.15, 0.2) is 0 Å². The molecule has 0 bridgehead atoms. The fourth-order valence-electron chi connectivity index (χ4n) is 3.81. The zero-order chi connectivity index (χ0) is 24.4. The van der Waals surface area contributed by atoms with Gasteiger partial charge in [-0.2, -0.15) is 0 Å². The van der Waals surface area contributed by atoms with E-state index in [0.29, 0.717) is 11.5 Å². The molecule has 0 saturated carbocycles. The summed E-state index contributed by atoms with van der Waals surface area (Å²) in [5.41, 5.74) is 6.04. The average Bonchev–Trinajstić information content (AvgIpc) is 3.27. The number of nitrogens with zero attached hydrogens (tertiary/aromatic N) is 3. The lowest BCUT2D eigenvalue weighted by Crippen LogP contribution is -2.42. The van der Waals surface area contributed by atoms with Crippen LogP contribution in [0.1, 0.15) is 25.0 Å². The van der Waals surface area contributed by atoms with Gasteiger partial charge in [-0.05, 0) is 80.4 Å². The molecule has 2 aromatic heterocycles. The molecule has 0 fully saturated rings. The first kappa shape index (κ1) is 23.0. The summed E-state index contributed by atoms with van der Waals surface area (Å²) in [5, 5.41) is 13.2. The Morgan fingerprint density at radius 1 is 1.06 bits per heavy atom. The van der Waals surface area contributed by atoms with Crippen molar-refractivity contribution in [3.05, 3.63) is 92.7 Å². The minimum absolute atomic E-state index is 0.0715. The molecule has 0 atom stereocenters. The fraction of sp³-hybridized carbons (Fsp3) is 0.179. The zero-order valence-electron chi connectivity index (χ0n) is 20.1. The first-order valence-corrected chi connectivity index (χ1v) is 11.1. The number of nitrogens with one attached hydrogen (secondary N) is 1. The van der Waals surface area contributed by atoms with Crippen LogP contribution in [0.4, 0.5) is 11.7 Å². The van der Waals surface area contributed by atoms with E-state index >= 15 is 0 Å². The van der Waals surface area contributed by atoms with Crippen LogP contribution in [0.25, 0.3) is 34.7 Å². The largest absolute Gasteiger partial charge is 0.403 e. The van der Waals surface area contributed by atoms with Crippen LogP contribution in [0.15, 0.2) is 69.9 Å². The molecule has 34 heavy (non-hydrogen) atoms. The van der Waals surface area contributed by atoms with E-state index in [1.54, 1.807) is 11.6 Å². The highest BCUT2D eigenvalue weighted by Gasteiger charge is 2.13. The van der Waals surface area contributed by atoms with Crippen molar-refractivity contribution in [1.29, 1.82) is 0 Å². The van der Waals surface area contributed by atoms with Crippen molar-refractivity contribution in [2.24, 2.45) is 7.05 Å². The summed E-state index contributed by atoms with van der Waals surface area (Å²) in [6, 6.07) is 15.9. The predicted molar refractivity (Wildman–Crippen MR) is 138 cm³/mol. The molecule has 2 aromatic carbocycles. The number of benzene rings is 2. The van der Waals surface area contributed by atoms with Crippen LogP contribution in [0.5, 0.6) is 0 Å². The SMILES string of the molecule is C=C(C)/C=c1\c(=CC)cc(-c2cc(Nc3nnc(-c4ccc(C)cc4)o3)ccc2C)c(=O)n1C. The number of rotatable bonds is 5. The standard InChI is InChI=1S/C28H28N4O2/c1-7-20-15-24(27(33)32(6)25(20)14-17(2)3)23-16-22(13-10-19(23)5)29-28-31-30-26(34-28)21-11-8-18(4)9-12-21/h7-16H,2H2,1,3-6H3,(H,29,31)/b20-7?,25-14+. The predicted octanol–water partition coefficient (Wildman–Crippen LogP) is 4.62. The van der Waals surface area contributed by atoms with Crippen molar-refractivity contribution in [3.63, 3.8) is 0 Å². The first-order chi connectivity index (χ1) is 16.3. The molecule has 172 valence electrons. The first-order valence-electron chi connectivity index (χ1n) is 11.1. The van der Waals surface area contributed by atoms with Gasteiger partial charge >= 0.3 is 6.01 Å². The number of allylic oxidation sites excluding steroid dienone is 1. The molecule has 0 radical (unpaired) electrons. The van der Waals surface area contributed by atoms with Gasteiger partial charge in [-0.25, -0.2) is 0 Å². The summed E-state index contributed by atoms with van der Waals surface area (Å²) in [6.45, 7) is 11.9. The van der Waals surface area contributed by atoms with Crippen LogP contribution < -0.4 is 21.4 Å². The van der Waals surface area contributed by atoms with Crippen molar-refractivity contribution in [1.82, 2.24) is 14.8 Å². The molecule has 6 nitrogen and oxygen atoms in total. The van der Waals surface area contributed by atoms with Crippen LogP contribution in [-0.4, -0.2) is 14.8 Å². The van der Waals surface area contributed by atoms with Crippen LogP contribution in [0.2, 0.25) is 0 Å². The van der Waals surface area contributed by atoms with Crippen molar-refractivity contribution in [3.8, 4) is 22.6 Å². The Hall–Kier alpha value is -4.19. The Morgan fingerprint density at radius 2 is 1.79 bits per heavy atom. The lowest BCUT2D eigenvalue weighted by Gasteiger charge is -2.11. The molecule has 0 aliphatic heterocycles. The topological polar surface area (TPSA) is 73.0 Å². The van der Waals surface area contributed by atoms with Crippen LogP contribution >= 0.6 is 0 Å². The Morgan fingerprint density at radius 3 is 2.47 bits per heavy atom. The lowest BCUT2D eigenvalue weighted by atomic mass is 10.00. The van der Waals surface area contributed by atoms with Gasteiger partial charge in [0.2, 0.25) is 5.89 Å². The maximum absolute atomic E-state index is 13.3. The lowest BCUT2D eigenvalue weighted by molar-refractivity contribution is 0.587. The Labute approximate surface area is 198 Å². The van der Waals surface area contributed by atoms with Gasteiger partial charge in [-0.1, -0.05) is 47.1 Å². The van der Waals surface area contributed by atoms with Gasteiger partial charge in [0.05, 0.1) is 5.35 Å². The molecular weight excluding hydrogens is 424 g/mol. The third-order valence-electron chi connectivity index (χ3n) is 5.69. The molecule has 0 saturated heterocycles. The van der Waals surface area contributed by atoms with Gasteiger partial charge in [0.25, 0.3) is 5.56 Å². The van der Waals surface area contributed by atoms with E-state index in [-0.39, 0.29) is 11.6 Å². The molecule has 0 unspecified atom stereocenters. The maximum Gasteiger partial charge on any atom is 0.320 e. The van der Waals surface area contributed by atoms with Crippen LogP contribution in [0.3, 0.4) is 0 Å². The molecule has 6 heteroatoms. The van der Waals surface area contributed by atoms with E-state index in [9.17, 15) is 4.79 Å². The number of anilines is 2. The van der Waals surface area contributed by atoms with Gasteiger partial charge in [-0.3, -0.25) is 4.79 Å². The van der Waals surface area contributed by atoms with Crippen molar-refractivity contribution in [2.75, 3.05) is 5.32 Å². The molecule has 0 spiro atoms. The second kappa shape index (κ2) is 9.35. The average molecular weight is 453 g/mol. The van der Waals surface area contributed by atoms with E-state index in [0.717, 1.165) is 44.1 Å². The maximum atomic E-state index is 13.3. The molecule has 0 amide bonds. The van der Waals surface area contributed by atoms with Gasteiger partial charge in [0, 0.05) is 23.9 Å². The number of hydrogen-bond donors (Lipinski definition) is 1. The normalized spacial score (nSPS) is 12.3. The van der Waals surface area contributed by atoms with Gasteiger partial charge < -0.3 is 14.3 Å². The van der Waals surface area contributed by atoms with E-state index in [1.165, 1.54) is 0 Å². The quantitative estimate of drug-likeness (QED) is 0.478. The van der Waals surface area contributed by atoms with Crippen molar-refractivity contribution >= 4 is 23.9 Å². The Balaban J connectivity index is 1.73. The van der Waals surface area contributed by atoms with Crippen LogP contribution in [-0.2, 0) is 7.05 Å². The van der Waals surface area contributed by atoms with Crippen LogP contribution in [0, 0.1) is 13.8 Å². The van der Waals surface area contributed by atoms with E-state index in [2.05, 4.69) is 22.1 Å². The second-order valence-electron chi connectivity index (χ2n) is 8.48. The second-order valence-corrected chi connectivity index (χ2v) is 8.48. The molecule has 4 aromatic rings. The number of aryl methyl sites for hydroxylation is 2. The summed E-state index contributed by atoms with van der Waals surface area (Å²) < 4.78 is 7.48. The number of hydrogen-bond acceptors (Lipinski definition) is 5. The third-order valence-corrected chi connectivity index (χ3v) is 5.69. The van der Waals surface area contributed by atoms with Gasteiger partial charge in [0.1, 0.15) is 0 Å². The zero-order valence-corrected chi connectivity index (χ0v) is 20.1. The molecule has 2 heterocycles. The summed E-state index contributed by atoms with van der Waals surface area (Å²) in [7, 11) is 1.79. The Bertz CT molecular complexity index is 1560. The summed E-state index contributed by atoms with van der Waals surface area (Å²) in [5.74, 6) is 0.441. The number of pyridine rings is 1. The molecule has 0 aliphatic rings. The monoisotopic (exact) mass is 452 g/mol. The van der Waals surface area contributed by atoms with Crippen molar-refractivity contribution < 1.29 is 4.42 Å². The highest BCUT2D eigenvalue weighted by molar-refractivity contribution is 5.72.